The Labute approximate surface area is 105 Å². The lowest BCUT2D eigenvalue weighted by molar-refractivity contribution is -0.144. The van der Waals surface area contributed by atoms with Gasteiger partial charge in [-0.05, 0) is 24.6 Å². The standard InChI is InChI=1S/C11H9ClF4O2/c1-2-18-10(17)9(12)7-4-3-6(13)5-8(7)11(14,15)16/h3-5,9H,2H2,1H3. The zero-order chi connectivity index (χ0) is 13.9. The Kier molecular flexibility index (Phi) is 4.56. The van der Waals surface area contributed by atoms with Crippen LogP contribution >= 0.6 is 11.6 Å². The molecule has 1 unspecified atom stereocenters. The van der Waals surface area contributed by atoms with E-state index in [1.165, 1.54) is 6.92 Å². The molecule has 7 heteroatoms. The first kappa shape index (κ1) is 14.8. The molecule has 0 bridgehead atoms. The van der Waals surface area contributed by atoms with Crippen LogP contribution in [0.5, 0.6) is 0 Å². The normalized spacial score (nSPS) is 13.2. The second-order valence-corrected chi connectivity index (χ2v) is 3.78. The summed E-state index contributed by atoms with van der Waals surface area (Å²) in [6, 6.07) is 1.93. The fraction of sp³-hybridized carbons (Fsp3) is 0.364. The van der Waals surface area contributed by atoms with Gasteiger partial charge in [-0.15, -0.1) is 11.6 Å². The molecule has 1 aromatic carbocycles. The summed E-state index contributed by atoms with van der Waals surface area (Å²) in [5, 5.41) is -1.62. The van der Waals surface area contributed by atoms with Gasteiger partial charge < -0.3 is 4.74 Å². The van der Waals surface area contributed by atoms with Gasteiger partial charge in [0, 0.05) is 0 Å². The van der Waals surface area contributed by atoms with Crippen LogP contribution in [0.3, 0.4) is 0 Å². The lowest BCUT2D eigenvalue weighted by Crippen LogP contribution is -2.17. The Morgan fingerprint density at radius 2 is 2.06 bits per heavy atom. The number of rotatable bonds is 3. The van der Waals surface area contributed by atoms with Crippen molar-refractivity contribution in [2.45, 2.75) is 18.5 Å². The smallest absolute Gasteiger partial charge is 0.416 e. The maximum atomic E-state index is 12.8. The van der Waals surface area contributed by atoms with E-state index in [0.29, 0.717) is 6.07 Å². The van der Waals surface area contributed by atoms with E-state index in [0.717, 1.165) is 12.1 Å². The van der Waals surface area contributed by atoms with Gasteiger partial charge in [-0.1, -0.05) is 6.07 Å². The van der Waals surface area contributed by atoms with Crippen molar-refractivity contribution in [1.29, 1.82) is 0 Å². The highest BCUT2D eigenvalue weighted by Crippen LogP contribution is 2.37. The van der Waals surface area contributed by atoms with Crippen LogP contribution in [0.4, 0.5) is 17.6 Å². The summed E-state index contributed by atoms with van der Waals surface area (Å²) in [5.74, 6) is -2.06. The molecule has 0 aliphatic rings. The maximum Gasteiger partial charge on any atom is 0.416 e. The maximum absolute atomic E-state index is 12.8. The summed E-state index contributed by atoms with van der Waals surface area (Å²) >= 11 is 5.60. The third-order valence-electron chi connectivity index (χ3n) is 2.09. The highest BCUT2D eigenvalue weighted by Gasteiger charge is 2.37. The minimum atomic E-state index is -4.79. The minimum absolute atomic E-state index is 0.00933. The van der Waals surface area contributed by atoms with Crippen molar-refractivity contribution in [3.8, 4) is 0 Å². The number of alkyl halides is 4. The second kappa shape index (κ2) is 5.56. The van der Waals surface area contributed by atoms with Gasteiger partial charge in [0.25, 0.3) is 0 Å². The van der Waals surface area contributed by atoms with Crippen LogP contribution in [-0.2, 0) is 15.7 Å². The molecule has 1 rings (SSSR count). The number of halogens is 5. The van der Waals surface area contributed by atoms with E-state index >= 15 is 0 Å². The highest BCUT2D eigenvalue weighted by atomic mass is 35.5. The molecule has 2 nitrogen and oxygen atoms in total. The fourth-order valence-corrected chi connectivity index (χ4v) is 1.59. The highest BCUT2D eigenvalue weighted by molar-refractivity contribution is 6.30. The molecule has 0 heterocycles. The van der Waals surface area contributed by atoms with Crippen molar-refractivity contribution in [2.24, 2.45) is 0 Å². The molecule has 0 spiro atoms. The van der Waals surface area contributed by atoms with Crippen LogP contribution in [0.2, 0.25) is 0 Å². The van der Waals surface area contributed by atoms with E-state index in [2.05, 4.69) is 4.74 Å². The molecule has 100 valence electrons. The van der Waals surface area contributed by atoms with Crippen LogP contribution in [0.25, 0.3) is 0 Å². The minimum Gasteiger partial charge on any atom is -0.465 e. The summed E-state index contributed by atoms with van der Waals surface area (Å²) < 4.78 is 55.3. The van der Waals surface area contributed by atoms with Gasteiger partial charge in [0.05, 0.1) is 12.2 Å². The molecule has 0 saturated carbocycles. The van der Waals surface area contributed by atoms with Gasteiger partial charge in [-0.3, -0.25) is 4.79 Å². The van der Waals surface area contributed by atoms with Gasteiger partial charge in [-0.25, -0.2) is 4.39 Å². The quantitative estimate of drug-likeness (QED) is 0.481. The molecule has 0 saturated heterocycles. The largest absolute Gasteiger partial charge is 0.465 e. The van der Waals surface area contributed by atoms with Crippen molar-refractivity contribution >= 4 is 17.6 Å². The molecule has 1 atom stereocenters. The third kappa shape index (κ3) is 3.35. The predicted octanol–water partition coefficient (Wildman–Crippen LogP) is 3.69. The molecular formula is C11H9ClF4O2. The molecular weight excluding hydrogens is 276 g/mol. The number of benzene rings is 1. The monoisotopic (exact) mass is 284 g/mol. The van der Waals surface area contributed by atoms with Crippen molar-refractivity contribution in [3.05, 3.63) is 35.1 Å². The predicted molar refractivity (Wildman–Crippen MR) is 56.6 cm³/mol. The molecule has 0 amide bonds. The SMILES string of the molecule is CCOC(=O)C(Cl)c1ccc(F)cc1C(F)(F)F. The summed E-state index contributed by atoms with van der Waals surface area (Å²) in [6.45, 7) is 1.49. The number of carbonyl (C=O) groups is 1. The van der Waals surface area contributed by atoms with Gasteiger partial charge in [0.15, 0.2) is 5.38 Å². The van der Waals surface area contributed by atoms with E-state index in [-0.39, 0.29) is 6.61 Å². The van der Waals surface area contributed by atoms with Crippen LogP contribution in [0, 0.1) is 5.82 Å². The summed E-state index contributed by atoms with van der Waals surface area (Å²) in [5.41, 5.74) is -1.81. The van der Waals surface area contributed by atoms with E-state index in [9.17, 15) is 22.4 Å². The number of ether oxygens (including phenoxy) is 1. The molecule has 0 radical (unpaired) electrons. The van der Waals surface area contributed by atoms with E-state index < -0.39 is 34.5 Å². The van der Waals surface area contributed by atoms with E-state index in [1.807, 2.05) is 0 Å². The van der Waals surface area contributed by atoms with Crippen molar-refractivity contribution in [1.82, 2.24) is 0 Å². The Balaban J connectivity index is 3.20. The Morgan fingerprint density at radius 3 is 2.56 bits per heavy atom. The summed E-state index contributed by atoms with van der Waals surface area (Å²) in [4.78, 5) is 11.3. The average molecular weight is 285 g/mol. The van der Waals surface area contributed by atoms with Crippen molar-refractivity contribution in [2.75, 3.05) is 6.61 Å². The number of hydrogen-bond acceptors (Lipinski definition) is 2. The van der Waals surface area contributed by atoms with Gasteiger partial charge in [0.2, 0.25) is 0 Å². The molecule has 1 aromatic rings. The van der Waals surface area contributed by atoms with Crippen molar-refractivity contribution < 1.29 is 27.1 Å². The summed E-state index contributed by atoms with van der Waals surface area (Å²) in [7, 11) is 0. The van der Waals surface area contributed by atoms with Crippen LogP contribution in [0.15, 0.2) is 18.2 Å². The molecule has 0 N–H and O–H groups in total. The Morgan fingerprint density at radius 1 is 1.44 bits per heavy atom. The van der Waals surface area contributed by atoms with Crippen molar-refractivity contribution in [3.63, 3.8) is 0 Å². The van der Waals surface area contributed by atoms with Crippen LogP contribution in [0.1, 0.15) is 23.4 Å². The Bertz CT molecular complexity index is 445. The van der Waals surface area contributed by atoms with Crippen LogP contribution in [-0.4, -0.2) is 12.6 Å². The molecule has 0 aliphatic heterocycles. The first-order chi connectivity index (χ1) is 8.27. The zero-order valence-electron chi connectivity index (χ0n) is 9.22. The zero-order valence-corrected chi connectivity index (χ0v) is 9.98. The first-order valence-electron chi connectivity index (χ1n) is 4.94. The average Bonchev–Trinajstić information content (AvgIpc) is 2.27. The number of hydrogen-bond donors (Lipinski definition) is 0. The molecule has 0 fully saturated rings. The fourth-order valence-electron chi connectivity index (χ4n) is 1.34. The third-order valence-corrected chi connectivity index (χ3v) is 2.50. The molecule has 0 aromatic heterocycles. The first-order valence-corrected chi connectivity index (χ1v) is 5.38. The lowest BCUT2D eigenvalue weighted by atomic mass is 10.0. The second-order valence-electron chi connectivity index (χ2n) is 3.34. The lowest BCUT2D eigenvalue weighted by Gasteiger charge is -2.16. The van der Waals surface area contributed by atoms with Gasteiger partial charge in [0.1, 0.15) is 5.82 Å². The molecule has 0 aliphatic carbocycles. The summed E-state index contributed by atoms with van der Waals surface area (Å²) in [6.07, 6.45) is -4.79. The van der Waals surface area contributed by atoms with E-state index in [4.69, 9.17) is 11.6 Å². The van der Waals surface area contributed by atoms with Gasteiger partial charge in [-0.2, -0.15) is 13.2 Å². The number of esters is 1. The number of carbonyl (C=O) groups excluding carboxylic acids is 1. The van der Waals surface area contributed by atoms with Gasteiger partial charge >= 0.3 is 12.1 Å². The molecule has 18 heavy (non-hydrogen) atoms. The topological polar surface area (TPSA) is 26.3 Å². The van der Waals surface area contributed by atoms with E-state index in [1.54, 1.807) is 0 Å². The Hall–Kier alpha value is -1.30. The van der Waals surface area contributed by atoms with Crippen LogP contribution < -0.4 is 0 Å².